The number of aromatic nitrogens is 4. The lowest BCUT2D eigenvalue weighted by Gasteiger charge is -2.12. The summed E-state index contributed by atoms with van der Waals surface area (Å²) in [6, 6.07) is 7.77. The number of carbonyl (C=O) groups excluding carboxylic acids is 1. The summed E-state index contributed by atoms with van der Waals surface area (Å²) in [6.45, 7) is 1.66. The molecule has 10 heteroatoms. The van der Waals surface area contributed by atoms with Crippen LogP contribution in [0.1, 0.15) is 15.9 Å². The minimum absolute atomic E-state index is 0.0722. The molecule has 31 heavy (non-hydrogen) atoms. The number of hydrogen-bond donors (Lipinski definition) is 1. The van der Waals surface area contributed by atoms with Gasteiger partial charge in [-0.2, -0.15) is 10.2 Å². The van der Waals surface area contributed by atoms with E-state index in [0.29, 0.717) is 22.6 Å². The molecular weight excluding hydrogens is 447 g/mol. The first-order valence-electron chi connectivity index (χ1n) is 8.92. The Morgan fingerprint density at radius 2 is 1.74 bits per heavy atom. The molecule has 2 aromatic heterocycles. The average Bonchev–Trinajstić information content (AvgIpc) is 3.24. The first-order chi connectivity index (χ1) is 14.8. The Balaban J connectivity index is 1.61. The number of nitrogens with one attached hydrogen (secondary N) is 1. The highest BCUT2D eigenvalue weighted by molar-refractivity contribution is 6.33. The lowest BCUT2D eigenvalue weighted by molar-refractivity contribution is 0.102. The minimum Gasteiger partial charge on any atom is -0.321 e. The fraction of sp³-hybridized carbons (Fsp3) is 0.0476. The molecular formula is C21H13Cl2F2N5O. The Labute approximate surface area is 185 Å². The highest BCUT2D eigenvalue weighted by Crippen LogP contribution is 2.32. The Morgan fingerprint density at radius 1 is 1.00 bits per heavy atom. The second kappa shape index (κ2) is 8.41. The molecule has 0 aliphatic heterocycles. The third-order valence-corrected chi connectivity index (χ3v) is 5.06. The monoisotopic (exact) mass is 459 g/mol. The summed E-state index contributed by atoms with van der Waals surface area (Å²) < 4.78 is 28.1. The molecule has 2 aromatic carbocycles. The van der Waals surface area contributed by atoms with Gasteiger partial charge in [0.2, 0.25) is 0 Å². The Morgan fingerprint density at radius 3 is 2.42 bits per heavy atom. The molecule has 6 nitrogen and oxygen atoms in total. The lowest BCUT2D eigenvalue weighted by Crippen LogP contribution is -2.15. The predicted molar refractivity (Wildman–Crippen MR) is 114 cm³/mol. The summed E-state index contributed by atoms with van der Waals surface area (Å²) in [4.78, 5) is 18.1. The van der Waals surface area contributed by atoms with Crippen molar-refractivity contribution in [1.29, 1.82) is 0 Å². The molecule has 0 radical (unpaired) electrons. The van der Waals surface area contributed by atoms with Gasteiger partial charge in [0.05, 0.1) is 34.3 Å². The van der Waals surface area contributed by atoms with Gasteiger partial charge in [0.15, 0.2) is 5.82 Å². The molecule has 156 valence electrons. The number of benzene rings is 2. The van der Waals surface area contributed by atoms with E-state index in [1.807, 2.05) is 0 Å². The lowest BCUT2D eigenvalue weighted by atomic mass is 9.98. The van der Waals surface area contributed by atoms with Gasteiger partial charge in [-0.25, -0.2) is 13.8 Å². The van der Waals surface area contributed by atoms with Crippen molar-refractivity contribution in [3.8, 4) is 16.9 Å². The first-order valence-corrected chi connectivity index (χ1v) is 9.68. The molecule has 0 atom stereocenters. The van der Waals surface area contributed by atoms with Crippen LogP contribution in [0.4, 0.5) is 14.5 Å². The summed E-state index contributed by atoms with van der Waals surface area (Å²) >= 11 is 12.3. The zero-order chi connectivity index (χ0) is 22.1. The van der Waals surface area contributed by atoms with Crippen LogP contribution in [0.15, 0.2) is 55.0 Å². The maximum absolute atomic E-state index is 14.8. The van der Waals surface area contributed by atoms with Crippen molar-refractivity contribution in [2.45, 2.75) is 6.92 Å². The van der Waals surface area contributed by atoms with Crippen LogP contribution in [0.5, 0.6) is 0 Å². The Kier molecular flexibility index (Phi) is 5.67. The second-order valence-corrected chi connectivity index (χ2v) is 7.39. The molecule has 0 saturated heterocycles. The van der Waals surface area contributed by atoms with Crippen molar-refractivity contribution in [3.05, 3.63) is 87.8 Å². The van der Waals surface area contributed by atoms with E-state index in [-0.39, 0.29) is 21.2 Å². The largest absolute Gasteiger partial charge is 0.321 e. The summed E-state index contributed by atoms with van der Waals surface area (Å²) in [6.07, 6.45) is 4.35. The van der Waals surface area contributed by atoms with Crippen molar-refractivity contribution in [2.24, 2.45) is 0 Å². The summed E-state index contributed by atoms with van der Waals surface area (Å²) in [7, 11) is 0. The number of hydrogen-bond acceptors (Lipinski definition) is 4. The smallest absolute Gasteiger partial charge is 0.256 e. The highest BCUT2D eigenvalue weighted by Gasteiger charge is 2.17. The van der Waals surface area contributed by atoms with Gasteiger partial charge in [0.1, 0.15) is 11.6 Å². The predicted octanol–water partition coefficient (Wildman–Crippen LogP) is 5.48. The summed E-state index contributed by atoms with van der Waals surface area (Å²) in [5.41, 5.74) is 1.43. The van der Waals surface area contributed by atoms with Crippen molar-refractivity contribution in [3.63, 3.8) is 0 Å². The van der Waals surface area contributed by atoms with Crippen LogP contribution < -0.4 is 5.32 Å². The van der Waals surface area contributed by atoms with Gasteiger partial charge in [-0.3, -0.25) is 4.79 Å². The van der Waals surface area contributed by atoms with Crippen LogP contribution in [0.3, 0.4) is 0 Å². The van der Waals surface area contributed by atoms with Crippen molar-refractivity contribution < 1.29 is 13.6 Å². The quantitative estimate of drug-likeness (QED) is 0.438. The van der Waals surface area contributed by atoms with Gasteiger partial charge in [0.25, 0.3) is 5.91 Å². The number of aryl methyl sites for hydroxylation is 1. The molecule has 2 heterocycles. The fourth-order valence-electron chi connectivity index (χ4n) is 3.01. The number of amides is 1. The first kappa shape index (κ1) is 20.9. The van der Waals surface area contributed by atoms with Crippen LogP contribution in [-0.4, -0.2) is 25.9 Å². The van der Waals surface area contributed by atoms with E-state index in [9.17, 15) is 13.6 Å². The van der Waals surface area contributed by atoms with Gasteiger partial charge in [-0.15, -0.1) is 4.80 Å². The molecule has 0 saturated carbocycles. The molecule has 1 N–H and O–H groups in total. The Bertz CT molecular complexity index is 1300. The van der Waals surface area contributed by atoms with Crippen molar-refractivity contribution in [2.75, 3.05) is 5.32 Å². The third-order valence-electron chi connectivity index (χ3n) is 4.47. The summed E-state index contributed by atoms with van der Waals surface area (Å²) in [5.74, 6) is -1.44. The van der Waals surface area contributed by atoms with Crippen LogP contribution >= 0.6 is 23.2 Å². The molecule has 0 spiro atoms. The molecule has 1 amide bonds. The third kappa shape index (κ3) is 4.26. The number of rotatable bonds is 4. The molecule has 0 bridgehead atoms. The molecule has 4 rings (SSSR count). The fourth-order valence-corrected chi connectivity index (χ4v) is 3.52. The van der Waals surface area contributed by atoms with E-state index < -0.39 is 17.5 Å². The topological polar surface area (TPSA) is 72.7 Å². The highest BCUT2D eigenvalue weighted by atomic mass is 35.5. The molecule has 0 unspecified atom stereocenters. The van der Waals surface area contributed by atoms with Gasteiger partial charge in [-0.05, 0) is 48.9 Å². The van der Waals surface area contributed by atoms with Crippen LogP contribution in [0.2, 0.25) is 10.0 Å². The Hall–Kier alpha value is -3.36. The zero-order valence-corrected chi connectivity index (χ0v) is 17.4. The number of anilines is 1. The van der Waals surface area contributed by atoms with Crippen LogP contribution in [0, 0.1) is 18.6 Å². The standard InChI is InChI=1S/C21H13Cl2F2N5O/c1-11-6-16(14-3-2-12(24)7-17(14)22)19(25)9-15(11)21(31)29-13-8-18(23)20(26-10-13)30-27-4-5-28-30/h2-10H,1H3,(H,29,31). The van der Waals surface area contributed by atoms with Gasteiger partial charge in [0, 0.05) is 16.7 Å². The van der Waals surface area contributed by atoms with Gasteiger partial charge < -0.3 is 5.32 Å². The number of halogens is 4. The van der Waals surface area contributed by atoms with E-state index in [1.54, 1.807) is 6.92 Å². The van der Waals surface area contributed by atoms with E-state index >= 15 is 0 Å². The summed E-state index contributed by atoms with van der Waals surface area (Å²) in [5, 5.41) is 10.8. The second-order valence-electron chi connectivity index (χ2n) is 6.57. The minimum atomic E-state index is -0.666. The molecule has 0 aliphatic carbocycles. The normalized spacial score (nSPS) is 10.9. The van der Waals surface area contributed by atoms with Crippen molar-refractivity contribution in [1.82, 2.24) is 20.0 Å². The molecule has 0 fully saturated rings. The van der Waals surface area contributed by atoms with E-state index in [4.69, 9.17) is 23.2 Å². The van der Waals surface area contributed by atoms with E-state index in [1.165, 1.54) is 47.7 Å². The average molecular weight is 460 g/mol. The van der Waals surface area contributed by atoms with Crippen LogP contribution in [-0.2, 0) is 0 Å². The van der Waals surface area contributed by atoms with Crippen molar-refractivity contribution >= 4 is 34.8 Å². The van der Waals surface area contributed by atoms with Gasteiger partial charge in [-0.1, -0.05) is 23.2 Å². The number of nitrogens with zero attached hydrogens (tertiary/aromatic N) is 4. The molecule has 0 aliphatic rings. The maximum Gasteiger partial charge on any atom is 0.256 e. The SMILES string of the molecule is Cc1cc(-c2ccc(F)cc2Cl)c(F)cc1C(=O)Nc1cnc(-n2nccn2)c(Cl)c1. The van der Waals surface area contributed by atoms with Crippen LogP contribution in [0.25, 0.3) is 16.9 Å². The van der Waals surface area contributed by atoms with Gasteiger partial charge >= 0.3 is 0 Å². The van der Waals surface area contributed by atoms with E-state index in [0.717, 1.165) is 12.1 Å². The van der Waals surface area contributed by atoms with E-state index in [2.05, 4.69) is 20.5 Å². The molecule has 4 aromatic rings. The number of carbonyl (C=O) groups is 1. The maximum atomic E-state index is 14.8. The zero-order valence-electron chi connectivity index (χ0n) is 15.9. The number of pyridine rings is 1.